The summed E-state index contributed by atoms with van der Waals surface area (Å²) in [5, 5.41) is 13.7. The molecule has 0 fully saturated rings. The number of nitrogens with zero attached hydrogens (tertiary/aromatic N) is 2. The molecule has 1 aliphatic heterocycles. The molecule has 1 aliphatic rings. The Morgan fingerprint density at radius 3 is 2.52 bits per heavy atom. The Hall–Kier alpha value is -4.48. The first-order chi connectivity index (χ1) is 21.0. The quantitative estimate of drug-likeness (QED) is 0.154. The van der Waals surface area contributed by atoms with Gasteiger partial charge in [0.05, 0.1) is 23.1 Å². The second kappa shape index (κ2) is 13.0. The van der Waals surface area contributed by atoms with Gasteiger partial charge in [-0.3, -0.25) is 14.8 Å². The van der Waals surface area contributed by atoms with Crippen LogP contribution in [0.2, 0.25) is 5.02 Å². The van der Waals surface area contributed by atoms with Crippen molar-refractivity contribution < 1.29 is 37.4 Å². The molecule has 2 N–H and O–H groups in total. The largest absolute Gasteiger partial charge is 0.493 e. The van der Waals surface area contributed by atoms with E-state index in [0.29, 0.717) is 65.1 Å². The van der Waals surface area contributed by atoms with Crippen LogP contribution >= 0.6 is 11.6 Å². The zero-order chi connectivity index (χ0) is 31.4. The summed E-state index contributed by atoms with van der Waals surface area (Å²) in [5.41, 5.74) is 1.68. The van der Waals surface area contributed by atoms with Crippen molar-refractivity contribution in [2.45, 2.75) is 31.9 Å². The van der Waals surface area contributed by atoms with E-state index < -0.39 is 23.6 Å². The number of fused-ring (bicyclic) bond motifs is 1. The summed E-state index contributed by atoms with van der Waals surface area (Å²) in [6.45, 7) is 2.44. The molecule has 0 radical (unpaired) electrons. The van der Waals surface area contributed by atoms with Crippen LogP contribution in [0, 0.1) is 0 Å². The molecule has 4 aromatic rings. The van der Waals surface area contributed by atoms with Crippen LogP contribution in [0.15, 0.2) is 79.0 Å². The van der Waals surface area contributed by atoms with Gasteiger partial charge in [-0.05, 0) is 80.1 Å². The van der Waals surface area contributed by atoms with Crippen molar-refractivity contribution in [1.82, 2.24) is 14.9 Å². The zero-order valence-electron chi connectivity index (χ0n) is 23.6. The van der Waals surface area contributed by atoms with Crippen LogP contribution in [-0.2, 0) is 17.4 Å². The average molecular weight is 628 g/mol. The highest BCUT2D eigenvalue weighted by Crippen LogP contribution is 2.42. The molecule has 1 unspecified atom stereocenters. The molecule has 2 heterocycles. The number of halogens is 4. The van der Waals surface area contributed by atoms with E-state index in [2.05, 4.69) is 5.32 Å². The van der Waals surface area contributed by atoms with Gasteiger partial charge in [-0.2, -0.15) is 13.2 Å². The van der Waals surface area contributed by atoms with Gasteiger partial charge >= 0.3 is 6.18 Å². The van der Waals surface area contributed by atoms with Gasteiger partial charge in [0.25, 0.3) is 11.8 Å². The lowest BCUT2D eigenvalue weighted by Gasteiger charge is -2.28. The maximum atomic E-state index is 12.9. The van der Waals surface area contributed by atoms with E-state index in [1.807, 2.05) is 6.07 Å². The first kappa shape index (κ1) is 31.0. The molecule has 2 amide bonds. The predicted octanol–water partition coefficient (Wildman–Crippen LogP) is 7.02. The summed E-state index contributed by atoms with van der Waals surface area (Å²) >= 11 is 6.47. The molecule has 0 aliphatic carbocycles. The van der Waals surface area contributed by atoms with Gasteiger partial charge in [0.15, 0.2) is 0 Å². The maximum Gasteiger partial charge on any atom is 0.416 e. The van der Waals surface area contributed by atoms with Gasteiger partial charge in [-0.25, -0.2) is 5.06 Å². The van der Waals surface area contributed by atoms with Crippen molar-refractivity contribution in [1.29, 1.82) is 0 Å². The van der Waals surface area contributed by atoms with E-state index in [1.165, 1.54) is 12.1 Å². The molecule has 0 spiro atoms. The Labute approximate surface area is 256 Å². The lowest BCUT2D eigenvalue weighted by Crippen LogP contribution is -2.34. The fourth-order valence-corrected chi connectivity index (χ4v) is 5.16. The number of aromatic nitrogens is 1. The number of hydrogen-bond donors (Lipinski definition) is 2. The van der Waals surface area contributed by atoms with E-state index in [9.17, 15) is 28.0 Å². The number of alkyl halides is 3. The van der Waals surface area contributed by atoms with Crippen molar-refractivity contribution in [3.63, 3.8) is 0 Å². The van der Waals surface area contributed by atoms with E-state index >= 15 is 0 Å². The number of likely N-dealkylation sites (N-methyl/N-ethyl adjacent to an activating group) is 1. The predicted molar refractivity (Wildman–Crippen MR) is 157 cm³/mol. The second-order valence-corrected chi connectivity index (χ2v) is 10.5. The molecule has 0 bridgehead atoms. The van der Waals surface area contributed by atoms with E-state index in [1.54, 1.807) is 60.2 Å². The van der Waals surface area contributed by atoms with Crippen LogP contribution in [0.3, 0.4) is 0 Å². The van der Waals surface area contributed by atoms with Crippen LogP contribution in [0.4, 0.5) is 13.2 Å². The maximum absolute atomic E-state index is 12.9. The number of rotatable bonds is 9. The Kier molecular flexibility index (Phi) is 9.17. The molecule has 44 heavy (non-hydrogen) atoms. The molecule has 3 aromatic carbocycles. The van der Waals surface area contributed by atoms with E-state index in [-0.39, 0.29) is 17.5 Å². The molecule has 230 valence electrons. The molecule has 0 saturated carbocycles. The average Bonchev–Trinajstić information content (AvgIpc) is 3.49. The molecule has 1 atom stereocenters. The fourth-order valence-electron chi connectivity index (χ4n) is 4.95. The number of carbonyl (C=O) groups excluding carboxylic acids is 2. The number of amides is 2. The van der Waals surface area contributed by atoms with Crippen molar-refractivity contribution in [2.24, 2.45) is 0 Å². The van der Waals surface area contributed by atoms with E-state index in [0.717, 1.165) is 17.8 Å². The number of benzene rings is 3. The number of carbonyl (C=O) groups is 2. The normalized spacial score (nSPS) is 14.4. The first-order valence-corrected chi connectivity index (χ1v) is 14.3. The lowest BCUT2D eigenvalue weighted by molar-refractivity contribution is -0.166. The minimum Gasteiger partial charge on any atom is -0.493 e. The Balaban J connectivity index is 1.18. The molecule has 5 rings (SSSR count). The molecule has 12 heteroatoms. The van der Waals surface area contributed by atoms with Crippen LogP contribution in [0.5, 0.6) is 17.2 Å². The fraction of sp³-hybridized carbons (Fsp3) is 0.250. The van der Waals surface area contributed by atoms with Gasteiger partial charge in [0.1, 0.15) is 17.2 Å². The van der Waals surface area contributed by atoms with Gasteiger partial charge in [-0.1, -0.05) is 11.6 Å². The van der Waals surface area contributed by atoms with Crippen LogP contribution in [-0.4, -0.2) is 46.3 Å². The third-order valence-corrected chi connectivity index (χ3v) is 7.57. The van der Waals surface area contributed by atoms with Gasteiger partial charge in [0.2, 0.25) is 0 Å². The Morgan fingerprint density at radius 1 is 1.11 bits per heavy atom. The van der Waals surface area contributed by atoms with E-state index in [4.69, 9.17) is 21.1 Å². The molecular formula is C32H29ClF3N3O5. The third-order valence-electron chi connectivity index (χ3n) is 7.27. The number of nitrogens with one attached hydrogen (secondary N) is 1. The number of hydroxylamine groups is 2. The van der Waals surface area contributed by atoms with Gasteiger partial charge in [0, 0.05) is 54.3 Å². The van der Waals surface area contributed by atoms with Crippen molar-refractivity contribution in [3.8, 4) is 22.9 Å². The monoisotopic (exact) mass is 627 g/mol. The van der Waals surface area contributed by atoms with Crippen LogP contribution < -0.4 is 14.8 Å². The highest BCUT2D eigenvalue weighted by atomic mass is 35.5. The first-order valence-electron chi connectivity index (χ1n) is 13.9. The molecule has 8 nitrogen and oxygen atoms in total. The standard InChI is InChI=1S/C32H29ClF3N3O5/c1-2-39(42)31(41)25-14-17-43-28-19-29(27(33)18-26(25)28)44-24-11-5-20(6-12-24)30(40)37-15-13-22-4-3-16-38(22)23-9-7-21(8-10-23)32(34,35)36/h3-12,16,18-19,25,42H,2,13-15,17H2,1H3,(H,37,40). The lowest BCUT2D eigenvalue weighted by atomic mass is 9.92. The number of hydrogen-bond acceptors (Lipinski definition) is 5. The van der Waals surface area contributed by atoms with Crippen molar-refractivity contribution in [3.05, 3.63) is 106 Å². The van der Waals surface area contributed by atoms with Gasteiger partial charge in [-0.15, -0.1) is 0 Å². The Morgan fingerprint density at radius 2 is 1.84 bits per heavy atom. The van der Waals surface area contributed by atoms with Crippen molar-refractivity contribution >= 4 is 23.4 Å². The Bertz CT molecular complexity index is 1640. The molecular weight excluding hydrogens is 599 g/mol. The summed E-state index contributed by atoms with van der Waals surface area (Å²) < 4.78 is 52.1. The summed E-state index contributed by atoms with van der Waals surface area (Å²) in [6.07, 6.45) is -1.77. The highest BCUT2D eigenvalue weighted by molar-refractivity contribution is 6.32. The smallest absolute Gasteiger partial charge is 0.416 e. The molecule has 0 saturated heterocycles. The summed E-state index contributed by atoms with van der Waals surface area (Å²) in [4.78, 5) is 25.3. The third kappa shape index (κ3) is 6.84. The topological polar surface area (TPSA) is 93.0 Å². The highest BCUT2D eigenvalue weighted by Gasteiger charge is 2.32. The summed E-state index contributed by atoms with van der Waals surface area (Å²) in [5.74, 6) is -0.133. The number of ether oxygens (including phenoxy) is 2. The minimum atomic E-state index is -4.40. The minimum absolute atomic E-state index is 0.161. The van der Waals surface area contributed by atoms with Crippen molar-refractivity contribution in [2.75, 3.05) is 19.7 Å². The van der Waals surface area contributed by atoms with Gasteiger partial charge < -0.3 is 19.4 Å². The summed E-state index contributed by atoms with van der Waals surface area (Å²) in [6, 6.07) is 18.2. The second-order valence-electron chi connectivity index (χ2n) is 10.1. The molecule has 1 aromatic heterocycles. The zero-order valence-corrected chi connectivity index (χ0v) is 24.4. The SMILES string of the molecule is CCN(O)C(=O)C1CCOc2cc(Oc3ccc(C(=O)NCCc4cccn4-c4ccc(C(F)(F)F)cc4)cc3)c(Cl)cc21. The summed E-state index contributed by atoms with van der Waals surface area (Å²) in [7, 11) is 0. The van der Waals surface area contributed by atoms with Crippen LogP contribution in [0.25, 0.3) is 5.69 Å². The van der Waals surface area contributed by atoms with Crippen LogP contribution in [0.1, 0.15) is 46.4 Å².